The summed E-state index contributed by atoms with van der Waals surface area (Å²) in [4.78, 5) is 24.9. The summed E-state index contributed by atoms with van der Waals surface area (Å²) in [5, 5.41) is 0. The number of rotatable bonds is 0. The van der Waals surface area contributed by atoms with Crippen molar-refractivity contribution in [2.24, 2.45) is 0 Å². The molecule has 5 aliphatic rings. The largest absolute Gasteiger partial charge is 0.356 e. The van der Waals surface area contributed by atoms with Crippen molar-refractivity contribution in [2.45, 2.75) is 6.42 Å². The van der Waals surface area contributed by atoms with Gasteiger partial charge in [0.2, 0.25) is 0 Å². The third kappa shape index (κ3) is 1.27. The minimum atomic E-state index is -0.361. The summed E-state index contributed by atoms with van der Waals surface area (Å²) in [6, 6.07) is 15.5. The van der Waals surface area contributed by atoms with Gasteiger partial charge < -0.3 is 0 Å². The second-order valence-electron chi connectivity index (χ2n) is 5.19. The minimum absolute atomic E-state index is 0.212. The summed E-state index contributed by atoms with van der Waals surface area (Å²) in [5.74, 6) is -0.424. The topological polar surface area (TPSA) is 34.1 Å². The molecule has 0 N–H and O–H groups in total. The molecule has 4 bridgehead atoms. The predicted molar refractivity (Wildman–Crippen MR) is 76.3 cm³/mol. The van der Waals surface area contributed by atoms with E-state index in [-0.39, 0.29) is 16.3 Å². The molecule has 2 amide bonds. The highest BCUT2D eigenvalue weighted by Gasteiger charge is 2.50. The summed E-state index contributed by atoms with van der Waals surface area (Å²) >= 11 is 0. The standard InChI is InChI=1S/C17H12NO2/c19-16-9-10-17(20)18(16)14-5-1-12(2-6-14)11-13-3-7-15(18)8-4-13/h1-10H,11H2/q+1. The summed E-state index contributed by atoms with van der Waals surface area (Å²) in [7, 11) is 0. The van der Waals surface area contributed by atoms with Crippen LogP contribution in [0.4, 0.5) is 11.4 Å². The smallest absolute Gasteiger partial charge is 0.225 e. The van der Waals surface area contributed by atoms with E-state index in [9.17, 15) is 9.59 Å². The monoisotopic (exact) mass is 262 g/mol. The van der Waals surface area contributed by atoms with E-state index in [1.807, 2.05) is 48.5 Å². The van der Waals surface area contributed by atoms with Gasteiger partial charge in [-0.15, -0.1) is 4.48 Å². The molecule has 2 aromatic carbocycles. The molecule has 0 unspecified atom stereocenters. The molecular formula is C17H12NO2+. The van der Waals surface area contributed by atoms with Crippen molar-refractivity contribution in [3.63, 3.8) is 0 Å². The molecule has 0 fully saturated rings. The lowest BCUT2D eigenvalue weighted by atomic mass is 10.0. The molecule has 5 aliphatic heterocycles. The minimum Gasteiger partial charge on any atom is -0.225 e. The highest BCUT2D eigenvalue weighted by Crippen LogP contribution is 2.39. The van der Waals surface area contributed by atoms with Crippen molar-refractivity contribution < 1.29 is 9.59 Å². The zero-order chi connectivity index (χ0) is 13.7. The average molecular weight is 262 g/mol. The molecule has 7 rings (SSSR count). The number of carbonyl (C=O) groups is 2. The van der Waals surface area contributed by atoms with Crippen molar-refractivity contribution in [1.29, 1.82) is 0 Å². The third-order valence-corrected chi connectivity index (χ3v) is 4.09. The molecule has 0 saturated heterocycles. The molecule has 20 heavy (non-hydrogen) atoms. The fraction of sp³-hybridized carbons (Fsp3) is 0.0588. The van der Waals surface area contributed by atoms with Gasteiger partial charge in [0.15, 0.2) is 11.4 Å². The third-order valence-electron chi connectivity index (χ3n) is 4.09. The van der Waals surface area contributed by atoms with Crippen LogP contribution >= 0.6 is 0 Å². The number of nitrogens with zero attached hydrogens (tertiary/aromatic N) is 1. The van der Waals surface area contributed by atoms with Crippen LogP contribution in [0.2, 0.25) is 0 Å². The lowest BCUT2D eigenvalue weighted by Gasteiger charge is -2.28. The van der Waals surface area contributed by atoms with Crippen molar-refractivity contribution >= 4 is 23.2 Å². The van der Waals surface area contributed by atoms with E-state index in [0.29, 0.717) is 11.4 Å². The Labute approximate surface area is 116 Å². The van der Waals surface area contributed by atoms with Crippen molar-refractivity contribution in [2.75, 3.05) is 0 Å². The van der Waals surface area contributed by atoms with E-state index < -0.39 is 0 Å². The van der Waals surface area contributed by atoms with Gasteiger partial charge >= 0.3 is 11.8 Å². The van der Waals surface area contributed by atoms with Gasteiger partial charge in [0.1, 0.15) is 0 Å². The molecule has 3 nitrogen and oxygen atoms in total. The Kier molecular flexibility index (Phi) is 2.12. The van der Waals surface area contributed by atoms with Crippen molar-refractivity contribution in [3.05, 3.63) is 71.8 Å². The zero-order valence-corrected chi connectivity index (χ0v) is 10.7. The summed E-state index contributed by atoms with van der Waals surface area (Å²) in [5.41, 5.74) is 3.74. The van der Waals surface area contributed by atoms with Crippen LogP contribution in [0.3, 0.4) is 0 Å². The Morgan fingerprint density at radius 3 is 1.45 bits per heavy atom. The first kappa shape index (κ1) is 11.3. The Hall–Kier alpha value is -2.52. The predicted octanol–water partition coefficient (Wildman–Crippen LogP) is 2.85. The van der Waals surface area contributed by atoms with E-state index in [1.165, 1.54) is 23.3 Å². The fourth-order valence-electron chi connectivity index (χ4n) is 3.04. The molecule has 0 aromatic heterocycles. The van der Waals surface area contributed by atoms with Gasteiger partial charge in [-0.25, -0.2) is 9.59 Å². The number of hydrogen-bond acceptors (Lipinski definition) is 2. The number of carbonyl (C=O) groups excluding carboxylic acids is 2. The van der Waals surface area contributed by atoms with Crippen LogP contribution in [0.1, 0.15) is 11.1 Å². The number of amides is 2. The molecule has 96 valence electrons. The first-order chi connectivity index (χ1) is 9.71. The number of hydrogen-bond donors (Lipinski definition) is 0. The van der Waals surface area contributed by atoms with Crippen molar-refractivity contribution in [3.8, 4) is 0 Å². The number of quaternary nitrogens is 1. The van der Waals surface area contributed by atoms with Crippen LogP contribution in [0.15, 0.2) is 60.7 Å². The molecule has 1 spiro atoms. The summed E-state index contributed by atoms with van der Waals surface area (Å²) in [6.45, 7) is 0. The zero-order valence-electron chi connectivity index (χ0n) is 10.7. The molecule has 0 radical (unpaired) electrons. The van der Waals surface area contributed by atoms with E-state index >= 15 is 0 Å². The Bertz CT molecular complexity index is 689. The van der Waals surface area contributed by atoms with Crippen LogP contribution in [-0.4, -0.2) is 11.8 Å². The summed E-state index contributed by atoms with van der Waals surface area (Å²) in [6.07, 6.45) is 3.60. The Morgan fingerprint density at radius 1 is 0.650 bits per heavy atom. The van der Waals surface area contributed by atoms with Gasteiger partial charge in [-0.1, -0.05) is 24.3 Å². The van der Waals surface area contributed by atoms with Crippen LogP contribution in [0, 0.1) is 0 Å². The molecule has 2 aromatic rings. The van der Waals surface area contributed by atoms with Crippen LogP contribution in [0.25, 0.3) is 0 Å². The number of imide groups is 1. The molecular weight excluding hydrogens is 250 g/mol. The molecule has 3 heteroatoms. The maximum atomic E-state index is 12.5. The lowest BCUT2D eigenvalue weighted by Crippen LogP contribution is -2.49. The molecule has 0 aliphatic carbocycles. The Balaban J connectivity index is 2.11. The quantitative estimate of drug-likeness (QED) is 0.540. The van der Waals surface area contributed by atoms with Gasteiger partial charge in [0.05, 0.1) is 12.2 Å². The van der Waals surface area contributed by atoms with Gasteiger partial charge in [-0.2, -0.15) is 0 Å². The summed E-state index contributed by atoms with van der Waals surface area (Å²) < 4.78 is -0.361. The maximum absolute atomic E-state index is 12.5. The SMILES string of the molecule is O=C1C=CC(=O)[N+]12c1ccc(cc1)Cc1ccc2cc1. The molecule has 5 heterocycles. The van der Waals surface area contributed by atoms with E-state index in [0.717, 1.165) is 6.42 Å². The van der Waals surface area contributed by atoms with Crippen LogP contribution in [0.5, 0.6) is 0 Å². The van der Waals surface area contributed by atoms with Gasteiger partial charge in [0.25, 0.3) is 0 Å². The number of benzene rings is 2. The van der Waals surface area contributed by atoms with E-state index in [1.54, 1.807) is 0 Å². The van der Waals surface area contributed by atoms with Crippen LogP contribution < -0.4 is 4.48 Å². The maximum Gasteiger partial charge on any atom is 0.356 e. The normalized spacial score (nSPS) is 18.2. The fourth-order valence-corrected chi connectivity index (χ4v) is 3.04. The van der Waals surface area contributed by atoms with Crippen LogP contribution in [-0.2, 0) is 16.0 Å². The van der Waals surface area contributed by atoms with E-state index in [2.05, 4.69) is 0 Å². The van der Waals surface area contributed by atoms with Crippen molar-refractivity contribution in [1.82, 2.24) is 4.48 Å². The van der Waals surface area contributed by atoms with Gasteiger partial charge in [-0.05, 0) is 17.5 Å². The van der Waals surface area contributed by atoms with Gasteiger partial charge in [-0.3, -0.25) is 0 Å². The second-order valence-corrected chi connectivity index (χ2v) is 5.19. The van der Waals surface area contributed by atoms with E-state index in [4.69, 9.17) is 0 Å². The highest BCUT2D eigenvalue weighted by molar-refractivity contribution is 6.26. The first-order valence-corrected chi connectivity index (χ1v) is 6.56. The second kappa shape index (κ2) is 3.74. The van der Waals surface area contributed by atoms with Gasteiger partial charge in [0, 0.05) is 24.3 Å². The highest BCUT2D eigenvalue weighted by atomic mass is 16.2. The molecule has 0 saturated carbocycles. The Morgan fingerprint density at radius 2 is 1.05 bits per heavy atom. The molecule has 0 atom stereocenters. The lowest BCUT2D eigenvalue weighted by molar-refractivity contribution is -0.132. The average Bonchev–Trinajstić information content (AvgIpc) is 2.78. The first-order valence-electron chi connectivity index (χ1n) is 6.56.